The van der Waals surface area contributed by atoms with Crippen LogP contribution in [0.5, 0.6) is 0 Å². The molecule has 1 aromatic carbocycles. The first-order valence-electron chi connectivity index (χ1n) is 7.80. The van der Waals surface area contributed by atoms with E-state index < -0.39 is 17.7 Å². The van der Waals surface area contributed by atoms with Crippen molar-refractivity contribution in [1.82, 2.24) is 9.80 Å². The van der Waals surface area contributed by atoms with Gasteiger partial charge in [-0.2, -0.15) is 0 Å². The molecule has 21 heavy (non-hydrogen) atoms. The van der Waals surface area contributed by atoms with Gasteiger partial charge in [0.2, 0.25) is 0 Å². The minimum Gasteiger partial charge on any atom is -0.323 e. The normalized spacial score (nSPS) is 25.6. The summed E-state index contributed by atoms with van der Waals surface area (Å²) < 4.78 is 27.0. The van der Waals surface area contributed by atoms with Gasteiger partial charge in [-0.05, 0) is 37.6 Å². The number of hydrogen-bond donors (Lipinski definition) is 1. The van der Waals surface area contributed by atoms with Crippen molar-refractivity contribution in [3.8, 4) is 0 Å². The summed E-state index contributed by atoms with van der Waals surface area (Å²) in [5.74, 6) is -0.848. The predicted octanol–water partition coefficient (Wildman–Crippen LogP) is 2.13. The summed E-state index contributed by atoms with van der Waals surface area (Å²) >= 11 is 0. The highest BCUT2D eigenvalue weighted by atomic mass is 19.1. The van der Waals surface area contributed by atoms with E-state index in [9.17, 15) is 8.78 Å². The van der Waals surface area contributed by atoms with Crippen LogP contribution in [0.1, 0.15) is 30.9 Å². The van der Waals surface area contributed by atoms with E-state index in [1.54, 1.807) is 0 Å². The van der Waals surface area contributed by atoms with Crippen LogP contribution in [-0.2, 0) is 0 Å². The molecule has 3 nitrogen and oxygen atoms in total. The van der Waals surface area contributed by atoms with Crippen LogP contribution in [0, 0.1) is 11.6 Å². The third-order valence-corrected chi connectivity index (χ3v) is 4.73. The molecule has 116 valence electrons. The fourth-order valence-electron chi connectivity index (χ4n) is 3.56. The van der Waals surface area contributed by atoms with E-state index in [1.807, 2.05) is 0 Å². The van der Waals surface area contributed by atoms with Crippen molar-refractivity contribution in [1.29, 1.82) is 0 Å². The molecule has 3 rings (SSSR count). The number of fused-ring (bicyclic) bond motifs is 1. The fraction of sp³-hybridized carbons (Fsp3) is 0.625. The van der Waals surface area contributed by atoms with Gasteiger partial charge in [0.25, 0.3) is 0 Å². The van der Waals surface area contributed by atoms with Crippen molar-refractivity contribution >= 4 is 0 Å². The van der Waals surface area contributed by atoms with E-state index in [0.717, 1.165) is 31.8 Å². The molecule has 2 N–H and O–H groups in total. The van der Waals surface area contributed by atoms with E-state index in [1.165, 1.54) is 31.9 Å². The maximum Gasteiger partial charge on any atom is 0.128 e. The summed E-state index contributed by atoms with van der Waals surface area (Å²) in [6.07, 6.45) is 3.82. The zero-order valence-corrected chi connectivity index (χ0v) is 12.3. The van der Waals surface area contributed by atoms with E-state index in [0.29, 0.717) is 12.6 Å². The number of nitrogens with two attached hydrogens (primary N) is 1. The lowest BCUT2D eigenvalue weighted by atomic mass is 9.98. The van der Waals surface area contributed by atoms with Gasteiger partial charge in [-0.1, -0.05) is 6.42 Å². The number of halogens is 2. The van der Waals surface area contributed by atoms with Crippen LogP contribution in [0.25, 0.3) is 0 Å². The fourth-order valence-corrected chi connectivity index (χ4v) is 3.56. The number of piperazine rings is 1. The second-order valence-corrected chi connectivity index (χ2v) is 6.22. The third-order valence-electron chi connectivity index (χ3n) is 4.73. The molecule has 2 saturated heterocycles. The molecule has 0 bridgehead atoms. The molecule has 2 aliphatic heterocycles. The highest BCUT2D eigenvalue weighted by Gasteiger charge is 2.29. The molecule has 2 unspecified atom stereocenters. The largest absolute Gasteiger partial charge is 0.323 e. The minimum absolute atomic E-state index is 0.279. The van der Waals surface area contributed by atoms with Crippen molar-refractivity contribution in [3.63, 3.8) is 0 Å². The number of rotatable bonds is 3. The SMILES string of the molecule is NC(CN1CCN2CCCCC2C1)c1cc(F)ccc1F. The monoisotopic (exact) mass is 295 g/mol. The summed E-state index contributed by atoms with van der Waals surface area (Å²) in [4.78, 5) is 4.84. The van der Waals surface area contributed by atoms with Gasteiger partial charge in [0, 0.05) is 43.8 Å². The predicted molar refractivity (Wildman–Crippen MR) is 78.9 cm³/mol. The van der Waals surface area contributed by atoms with Crippen molar-refractivity contribution < 1.29 is 8.78 Å². The van der Waals surface area contributed by atoms with Gasteiger partial charge in [-0.15, -0.1) is 0 Å². The Balaban J connectivity index is 1.62. The Morgan fingerprint density at radius 1 is 1.19 bits per heavy atom. The Morgan fingerprint density at radius 2 is 2.05 bits per heavy atom. The summed E-state index contributed by atoms with van der Waals surface area (Å²) in [5.41, 5.74) is 6.38. The van der Waals surface area contributed by atoms with Gasteiger partial charge >= 0.3 is 0 Å². The van der Waals surface area contributed by atoms with Crippen molar-refractivity contribution in [2.24, 2.45) is 5.73 Å². The van der Waals surface area contributed by atoms with E-state index in [2.05, 4.69) is 9.80 Å². The van der Waals surface area contributed by atoms with Gasteiger partial charge in [0.15, 0.2) is 0 Å². The van der Waals surface area contributed by atoms with Crippen LogP contribution >= 0.6 is 0 Å². The molecule has 2 heterocycles. The summed E-state index contributed by atoms with van der Waals surface area (Å²) in [5, 5.41) is 0. The van der Waals surface area contributed by atoms with E-state index >= 15 is 0 Å². The lowest BCUT2D eigenvalue weighted by Crippen LogP contribution is -2.55. The molecule has 2 aliphatic rings. The molecule has 2 fully saturated rings. The average Bonchev–Trinajstić information content (AvgIpc) is 2.49. The van der Waals surface area contributed by atoms with Crippen molar-refractivity contribution in [3.05, 3.63) is 35.4 Å². The third kappa shape index (κ3) is 3.42. The summed E-state index contributed by atoms with van der Waals surface area (Å²) in [6.45, 7) is 4.79. The Labute approximate surface area is 124 Å². The van der Waals surface area contributed by atoms with Crippen LogP contribution in [0.2, 0.25) is 0 Å². The van der Waals surface area contributed by atoms with Crippen LogP contribution in [0.3, 0.4) is 0 Å². The van der Waals surface area contributed by atoms with Crippen LogP contribution in [0.15, 0.2) is 18.2 Å². The van der Waals surface area contributed by atoms with Gasteiger partial charge in [0.05, 0.1) is 0 Å². The van der Waals surface area contributed by atoms with Gasteiger partial charge < -0.3 is 5.73 Å². The molecule has 1 aromatic rings. The highest BCUT2D eigenvalue weighted by molar-refractivity contribution is 5.22. The first-order valence-corrected chi connectivity index (χ1v) is 7.80. The molecule has 0 aromatic heterocycles. The number of piperidine rings is 1. The minimum atomic E-state index is -0.476. The molecule has 5 heteroatoms. The van der Waals surface area contributed by atoms with E-state index in [4.69, 9.17) is 5.73 Å². The average molecular weight is 295 g/mol. The quantitative estimate of drug-likeness (QED) is 0.927. The topological polar surface area (TPSA) is 32.5 Å². The van der Waals surface area contributed by atoms with E-state index in [-0.39, 0.29) is 5.56 Å². The van der Waals surface area contributed by atoms with Crippen LogP contribution < -0.4 is 5.73 Å². The first-order chi connectivity index (χ1) is 10.1. The molecular formula is C16H23F2N3. The lowest BCUT2D eigenvalue weighted by molar-refractivity contribution is 0.0465. The van der Waals surface area contributed by atoms with Crippen LogP contribution in [0.4, 0.5) is 8.78 Å². The Bertz CT molecular complexity index is 494. The maximum atomic E-state index is 13.8. The number of benzene rings is 1. The lowest BCUT2D eigenvalue weighted by Gasteiger charge is -2.44. The first kappa shape index (κ1) is 14.9. The zero-order valence-electron chi connectivity index (χ0n) is 12.3. The second-order valence-electron chi connectivity index (χ2n) is 6.22. The van der Waals surface area contributed by atoms with Gasteiger partial charge in [-0.25, -0.2) is 8.78 Å². The molecular weight excluding hydrogens is 272 g/mol. The maximum absolute atomic E-state index is 13.8. The van der Waals surface area contributed by atoms with Crippen molar-refractivity contribution in [2.45, 2.75) is 31.3 Å². The Kier molecular flexibility index (Phi) is 4.52. The summed E-state index contributed by atoms with van der Waals surface area (Å²) in [6, 6.07) is 3.64. The van der Waals surface area contributed by atoms with Crippen molar-refractivity contribution in [2.75, 3.05) is 32.7 Å². The molecule has 2 atom stereocenters. The molecule has 0 saturated carbocycles. The Hall–Kier alpha value is -1.04. The van der Waals surface area contributed by atoms with Gasteiger partial charge in [0.1, 0.15) is 11.6 Å². The Morgan fingerprint density at radius 3 is 2.90 bits per heavy atom. The number of hydrogen-bond acceptors (Lipinski definition) is 3. The summed E-state index contributed by atoms with van der Waals surface area (Å²) in [7, 11) is 0. The molecule has 0 radical (unpaired) electrons. The molecule has 0 aliphatic carbocycles. The molecule has 0 amide bonds. The smallest absolute Gasteiger partial charge is 0.128 e. The molecule has 0 spiro atoms. The zero-order chi connectivity index (χ0) is 14.8. The second kappa shape index (κ2) is 6.38. The van der Waals surface area contributed by atoms with Crippen LogP contribution in [-0.4, -0.2) is 48.6 Å². The number of nitrogens with zero attached hydrogens (tertiary/aromatic N) is 2. The van der Waals surface area contributed by atoms with Gasteiger partial charge in [-0.3, -0.25) is 9.80 Å². The highest BCUT2D eigenvalue weighted by Crippen LogP contribution is 2.23. The standard InChI is InChI=1S/C16H23F2N3/c17-12-4-5-15(18)14(9-12)16(19)11-20-7-8-21-6-2-1-3-13(21)10-20/h4-5,9,13,16H,1-3,6-8,10-11,19H2.